The molecule has 0 unspecified atom stereocenters. The molecule has 144 valence electrons. The van der Waals surface area contributed by atoms with Gasteiger partial charge in [-0.15, -0.1) is 18.3 Å². The molecule has 0 bridgehead atoms. The molecule has 5 heteroatoms. The number of nitrogens with zero attached hydrogens (tertiary/aromatic N) is 1. The predicted molar refractivity (Wildman–Crippen MR) is 122 cm³/mol. The fourth-order valence-corrected chi connectivity index (χ4v) is 4.17. The third-order valence-corrected chi connectivity index (χ3v) is 5.77. The first-order valence-corrected chi connectivity index (χ1v) is 10.3. The van der Waals surface area contributed by atoms with Crippen molar-refractivity contribution in [3.05, 3.63) is 95.7 Å². The topological polar surface area (TPSA) is 51.1 Å². The number of para-hydroxylation sites is 3. The van der Waals surface area contributed by atoms with Crippen LogP contribution in [0, 0.1) is 0 Å². The van der Waals surface area contributed by atoms with E-state index in [0.29, 0.717) is 10.8 Å². The fraction of sp³-hybridized carbons (Fsp3) is 0.0833. The predicted octanol–water partition coefficient (Wildman–Crippen LogP) is 5.07. The summed E-state index contributed by atoms with van der Waals surface area (Å²) < 4.78 is 1.90. The van der Waals surface area contributed by atoms with Gasteiger partial charge in [0.05, 0.1) is 16.7 Å². The van der Waals surface area contributed by atoms with E-state index >= 15 is 0 Å². The molecule has 3 aromatic carbocycles. The van der Waals surface area contributed by atoms with Gasteiger partial charge in [-0.2, -0.15) is 0 Å². The highest BCUT2D eigenvalue weighted by molar-refractivity contribution is 7.99. The molecule has 29 heavy (non-hydrogen) atoms. The summed E-state index contributed by atoms with van der Waals surface area (Å²) in [5, 5.41) is 4.24. The van der Waals surface area contributed by atoms with Gasteiger partial charge in [-0.05, 0) is 36.4 Å². The van der Waals surface area contributed by atoms with Gasteiger partial charge in [0, 0.05) is 21.4 Å². The first-order valence-electron chi connectivity index (χ1n) is 9.32. The van der Waals surface area contributed by atoms with Crippen molar-refractivity contribution in [1.82, 2.24) is 4.57 Å². The molecule has 0 atom stereocenters. The second-order valence-corrected chi connectivity index (χ2v) is 7.66. The number of fused-ring (bicyclic) bond motifs is 2. The molecule has 0 radical (unpaired) electrons. The summed E-state index contributed by atoms with van der Waals surface area (Å²) in [6, 6.07) is 22.5. The van der Waals surface area contributed by atoms with Gasteiger partial charge in [0.1, 0.15) is 6.54 Å². The second-order valence-electron chi connectivity index (χ2n) is 6.59. The number of rotatable bonds is 6. The lowest BCUT2D eigenvalue weighted by atomic mass is 10.1. The highest BCUT2D eigenvalue weighted by Gasteiger charge is 2.13. The maximum Gasteiger partial charge on any atom is 0.244 e. The molecule has 4 nitrogen and oxygen atoms in total. The van der Waals surface area contributed by atoms with Gasteiger partial charge in [0.25, 0.3) is 0 Å². The Morgan fingerprint density at radius 3 is 2.17 bits per heavy atom. The van der Waals surface area contributed by atoms with Crippen LogP contribution in [0.2, 0.25) is 0 Å². The van der Waals surface area contributed by atoms with Crippen LogP contribution in [-0.4, -0.2) is 16.2 Å². The molecular weight excluding hydrogens is 380 g/mol. The van der Waals surface area contributed by atoms with Crippen LogP contribution in [0.15, 0.2) is 95.1 Å². The van der Waals surface area contributed by atoms with Gasteiger partial charge in [0.2, 0.25) is 5.91 Å². The van der Waals surface area contributed by atoms with Gasteiger partial charge < -0.3 is 9.88 Å². The molecule has 1 amide bonds. The van der Waals surface area contributed by atoms with E-state index in [1.165, 1.54) is 0 Å². The summed E-state index contributed by atoms with van der Waals surface area (Å²) in [6.07, 6.45) is 1.84. The molecule has 0 saturated carbocycles. The number of carbonyl (C=O) groups is 1. The Balaban J connectivity index is 1.73. The van der Waals surface area contributed by atoms with Crippen molar-refractivity contribution in [1.29, 1.82) is 0 Å². The molecule has 4 aromatic rings. The van der Waals surface area contributed by atoms with Gasteiger partial charge >= 0.3 is 0 Å². The van der Waals surface area contributed by atoms with Gasteiger partial charge in [-0.3, -0.25) is 9.59 Å². The first kappa shape index (κ1) is 19.0. The van der Waals surface area contributed by atoms with E-state index in [1.807, 2.05) is 71.3 Å². The standard InChI is InChI=1S/C24H20N2O2S/c1-2-15-29-22-14-8-5-11-19(22)25-23(27)16-26-20-12-6-3-9-17(20)24(28)18-10-4-7-13-21(18)26/h2-14H,1,15-16H2,(H,25,27). The number of amides is 1. The SMILES string of the molecule is C=CCSc1ccccc1NC(=O)Cn1c2ccccc2c(=O)c2ccccc21. The number of aromatic nitrogens is 1. The molecule has 4 rings (SSSR count). The summed E-state index contributed by atoms with van der Waals surface area (Å²) >= 11 is 1.62. The highest BCUT2D eigenvalue weighted by atomic mass is 32.2. The van der Waals surface area contributed by atoms with Crippen LogP contribution in [-0.2, 0) is 11.3 Å². The fourth-order valence-electron chi connectivity index (χ4n) is 3.43. The monoisotopic (exact) mass is 400 g/mol. The van der Waals surface area contributed by atoms with Gasteiger partial charge in [-0.25, -0.2) is 0 Å². The number of hydrogen-bond acceptors (Lipinski definition) is 3. The Morgan fingerprint density at radius 2 is 1.52 bits per heavy atom. The molecule has 0 saturated heterocycles. The Hall–Kier alpha value is -3.31. The largest absolute Gasteiger partial charge is 0.331 e. The molecule has 1 N–H and O–H groups in total. The van der Waals surface area contributed by atoms with Crippen LogP contribution >= 0.6 is 11.8 Å². The van der Waals surface area contributed by atoms with Crippen LogP contribution < -0.4 is 10.7 Å². The van der Waals surface area contributed by atoms with Crippen LogP contribution in [0.1, 0.15) is 0 Å². The number of hydrogen-bond donors (Lipinski definition) is 1. The minimum absolute atomic E-state index is 0.0148. The van der Waals surface area contributed by atoms with Crippen molar-refractivity contribution < 1.29 is 4.79 Å². The minimum atomic E-state index is -0.143. The van der Waals surface area contributed by atoms with Crippen molar-refractivity contribution >= 4 is 45.2 Å². The second kappa shape index (κ2) is 8.37. The summed E-state index contributed by atoms with van der Waals surface area (Å²) in [5.41, 5.74) is 2.26. The third kappa shape index (κ3) is 3.82. The van der Waals surface area contributed by atoms with Crippen molar-refractivity contribution in [2.75, 3.05) is 11.1 Å². The number of anilines is 1. The smallest absolute Gasteiger partial charge is 0.244 e. The van der Waals surface area contributed by atoms with E-state index < -0.39 is 0 Å². The van der Waals surface area contributed by atoms with Crippen molar-refractivity contribution in [3.63, 3.8) is 0 Å². The van der Waals surface area contributed by atoms with Crippen molar-refractivity contribution in [2.24, 2.45) is 0 Å². The molecular formula is C24H20N2O2S. The zero-order chi connectivity index (χ0) is 20.2. The maximum atomic E-state index is 12.9. The average molecular weight is 401 g/mol. The van der Waals surface area contributed by atoms with Crippen LogP contribution in [0.4, 0.5) is 5.69 Å². The zero-order valence-corrected chi connectivity index (χ0v) is 16.6. The number of thioether (sulfide) groups is 1. The number of nitrogens with one attached hydrogen (secondary N) is 1. The zero-order valence-electron chi connectivity index (χ0n) is 15.8. The number of carbonyl (C=O) groups excluding carboxylic acids is 1. The quantitative estimate of drug-likeness (QED) is 0.279. The lowest BCUT2D eigenvalue weighted by Gasteiger charge is -2.16. The van der Waals surface area contributed by atoms with Crippen molar-refractivity contribution in [2.45, 2.75) is 11.4 Å². The molecule has 0 fully saturated rings. The number of pyridine rings is 1. The molecule has 1 heterocycles. The molecule has 0 aliphatic rings. The van der Waals surface area contributed by atoms with Gasteiger partial charge in [-0.1, -0.05) is 42.5 Å². The lowest BCUT2D eigenvalue weighted by molar-refractivity contribution is -0.116. The van der Waals surface area contributed by atoms with E-state index in [9.17, 15) is 9.59 Å². The van der Waals surface area contributed by atoms with E-state index in [4.69, 9.17) is 0 Å². The van der Waals surface area contributed by atoms with Crippen LogP contribution in [0.25, 0.3) is 21.8 Å². The van der Waals surface area contributed by atoms with E-state index in [0.717, 1.165) is 27.4 Å². The Labute approximate surface area is 172 Å². The maximum absolute atomic E-state index is 12.9. The normalized spacial score (nSPS) is 10.9. The van der Waals surface area contributed by atoms with Crippen LogP contribution in [0.5, 0.6) is 0 Å². The summed E-state index contributed by atoms with van der Waals surface area (Å²) in [6.45, 7) is 3.86. The van der Waals surface area contributed by atoms with Crippen molar-refractivity contribution in [3.8, 4) is 0 Å². The minimum Gasteiger partial charge on any atom is -0.331 e. The molecule has 0 aliphatic heterocycles. The molecule has 1 aromatic heterocycles. The Kier molecular flexibility index (Phi) is 5.49. The summed E-state index contributed by atoms with van der Waals surface area (Å²) in [4.78, 5) is 26.8. The van der Waals surface area contributed by atoms with E-state index in [1.54, 1.807) is 23.9 Å². The number of benzene rings is 3. The molecule has 0 spiro atoms. The van der Waals surface area contributed by atoms with E-state index in [2.05, 4.69) is 11.9 Å². The first-order chi connectivity index (χ1) is 14.2. The Morgan fingerprint density at radius 1 is 0.931 bits per heavy atom. The molecule has 0 aliphatic carbocycles. The Bertz CT molecular complexity index is 1220. The van der Waals surface area contributed by atoms with Gasteiger partial charge in [0.15, 0.2) is 5.43 Å². The highest BCUT2D eigenvalue weighted by Crippen LogP contribution is 2.27. The third-order valence-electron chi connectivity index (χ3n) is 4.70. The average Bonchev–Trinajstić information content (AvgIpc) is 2.76. The summed E-state index contributed by atoms with van der Waals surface area (Å²) in [7, 11) is 0. The van der Waals surface area contributed by atoms with E-state index in [-0.39, 0.29) is 17.9 Å². The van der Waals surface area contributed by atoms with Crippen LogP contribution in [0.3, 0.4) is 0 Å². The lowest BCUT2D eigenvalue weighted by Crippen LogP contribution is -2.21. The summed E-state index contributed by atoms with van der Waals surface area (Å²) in [5.74, 6) is 0.623.